The Morgan fingerprint density at radius 1 is 0.929 bits per heavy atom. The minimum Gasteiger partial charge on any atom is -0.396 e. The normalized spacial score (nSPS) is 12.4. The van der Waals surface area contributed by atoms with Crippen molar-refractivity contribution in [3.8, 4) is 0 Å². The minimum absolute atomic E-state index is 0.101. The van der Waals surface area contributed by atoms with E-state index in [1.54, 1.807) is 0 Å². The number of aliphatic hydroxyl groups is 1. The lowest BCUT2D eigenvalue weighted by atomic mass is 10.0. The van der Waals surface area contributed by atoms with Crippen LogP contribution in [0.4, 0.5) is 0 Å². The minimum atomic E-state index is 0.101. The summed E-state index contributed by atoms with van der Waals surface area (Å²) < 4.78 is 2.35. The van der Waals surface area contributed by atoms with Crippen molar-refractivity contribution in [1.29, 1.82) is 0 Å². The third-order valence-corrected chi connectivity index (χ3v) is 5.64. The van der Waals surface area contributed by atoms with Gasteiger partial charge >= 0.3 is 0 Å². The molecule has 0 aliphatic rings. The fraction of sp³-hybridized carbons (Fsp3) is 0.400. The van der Waals surface area contributed by atoms with Gasteiger partial charge < -0.3 is 9.67 Å². The van der Waals surface area contributed by atoms with Gasteiger partial charge in [-0.2, -0.15) is 0 Å². The molecule has 1 heterocycles. The molecule has 1 aromatic heterocycles. The molecule has 0 radical (unpaired) electrons. The number of nitrogens with zero attached hydrogens (tertiary/aromatic N) is 1. The number of benzene rings is 2. The summed E-state index contributed by atoms with van der Waals surface area (Å²) in [4.78, 5) is 13.2. The monoisotopic (exact) mass is 377 g/mol. The zero-order valence-electron chi connectivity index (χ0n) is 17.0. The van der Waals surface area contributed by atoms with Crippen LogP contribution in [-0.4, -0.2) is 22.1 Å². The summed E-state index contributed by atoms with van der Waals surface area (Å²) in [6.45, 7) is 4.63. The summed E-state index contributed by atoms with van der Waals surface area (Å²) in [5, 5.41) is 9.93. The van der Waals surface area contributed by atoms with E-state index in [1.165, 1.54) is 19.3 Å². The molecule has 0 saturated carbocycles. The number of hydrogen-bond acceptors (Lipinski definition) is 2. The first kappa shape index (κ1) is 20.3. The smallest absolute Gasteiger partial charge is 0.195 e. The van der Waals surface area contributed by atoms with Crippen molar-refractivity contribution < 1.29 is 9.90 Å². The lowest BCUT2D eigenvalue weighted by molar-refractivity contribution is 0.103. The van der Waals surface area contributed by atoms with E-state index in [1.807, 2.05) is 36.4 Å². The highest BCUT2D eigenvalue weighted by atomic mass is 16.2. The van der Waals surface area contributed by atoms with E-state index in [0.717, 1.165) is 47.0 Å². The van der Waals surface area contributed by atoms with Crippen molar-refractivity contribution in [2.75, 3.05) is 6.61 Å². The molecule has 1 unspecified atom stereocenters. The quantitative estimate of drug-likeness (QED) is 0.344. The largest absolute Gasteiger partial charge is 0.396 e. The van der Waals surface area contributed by atoms with Gasteiger partial charge in [0.25, 0.3) is 0 Å². The van der Waals surface area contributed by atoms with Gasteiger partial charge in [-0.05, 0) is 32.8 Å². The van der Waals surface area contributed by atoms with Gasteiger partial charge in [0, 0.05) is 34.8 Å². The molecule has 0 amide bonds. The summed E-state index contributed by atoms with van der Waals surface area (Å²) in [5.41, 5.74) is 3.77. The van der Waals surface area contributed by atoms with Gasteiger partial charge in [0.05, 0.1) is 5.56 Å². The van der Waals surface area contributed by atoms with E-state index < -0.39 is 0 Å². The van der Waals surface area contributed by atoms with Gasteiger partial charge in [-0.3, -0.25) is 4.79 Å². The van der Waals surface area contributed by atoms with Crippen molar-refractivity contribution in [2.24, 2.45) is 0 Å². The highest BCUT2D eigenvalue weighted by molar-refractivity contribution is 6.17. The fourth-order valence-corrected chi connectivity index (χ4v) is 4.19. The number of aromatic nitrogens is 1. The standard InChI is InChI=1S/C25H31NO2/c1-19(13-7-4-3-5-12-18-27)26-20(2)24(22-16-10-11-17-23(22)26)25(28)21-14-8-6-9-15-21/h6,8-11,14-17,19,27H,3-5,7,12-13,18H2,1-2H3. The van der Waals surface area contributed by atoms with Crippen molar-refractivity contribution in [3.05, 3.63) is 71.4 Å². The van der Waals surface area contributed by atoms with Crippen LogP contribution in [0, 0.1) is 6.92 Å². The van der Waals surface area contributed by atoms with Crippen LogP contribution in [0.15, 0.2) is 54.6 Å². The third kappa shape index (κ3) is 4.36. The van der Waals surface area contributed by atoms with Crippen LogP contribution in [0.25, 0.3) is 10.9 Å². The molecule has 2 aromatic carbocycles. The molecule has 3 nitrogen and oxygen atoms in total. The Kier molecular flexibility index (Phi) is 7.05. The molecule has 1 N–H and O–H groups in total. The van der Waals surface area contributed by atoms with Gasteiger partial charge in [-0.25, -0.2) is 0 Å². The molecular weight excluding hydrogens is 346 g/mol. The van der Waals surface area contributed by atoms with Crippen molar-refractivity contribution in [1.82, 2.24) is 4.57 Å². The van der Waals surface area contributed by atoms with Crippen LogP contribution in [0.3, 0.4) is 0 Å². The maximum absolute atomic E-state index is 13.2. The molecule has 1 atom stereocenters. The lowest BCUT2D eigenvalue weighted by Gasteiger charge is -2.18. The third-order valence-electron chi connectivity index (χ3n) is 5.64. The summed E-state index contributed by atoms with van der Waals surface area (Å²) in [7, 11) is 0. The summed E-state index contributed by atoms with van der Waals surface area (Å²) in [6, 6.07) is 18.2. The Balaban J connectivity index is 1.85. The molecule has 3 heteroatoms. The molecule has 0 spiro atoms. The van der Waals surface area contributed by atoms with Gasteiger partial charge in [0.2, 0.25) is 0 Å². The zero-order chi connectivity index (χ0) is 19.9. The van der Waals surface area contributed by atoms with Crippen LogP contribution in [-0.2, 0) is 0 Å². The van der Waals surface area contributed by atoms with Crippen molar-refractivity contribution in [2.45, 2.75) is 58.4 Å². The first-order chi connectivity index (χ1) is 13.6. The second-order valence-electron chi connectivity index (χ2n) is 7.67. The SMILES string of the molecule is Cc1c(C(=O)c2ccccc2)c2ccccc2n1C(C)CCCCCCCO. The number of ketones is 1. The van der Waals surface area contributed by atoms with Crippen molar-refractivity contribution in [3.63, 3.8) is 0 Å². The van der Waals surface area contributed by atoms with Gasteiger partial charge in [0.1, 0.15) is 0 Å². The number of rotatable bonds is 10. The number of carbonyl (C=O) groups is 1. The predicted octanol–water partition coefficient (Wildman–Crippen LogP) is 6.07. The number of hydrogen-bond donors (Lipinski definition) is 1. The molecular formula is C25H31NO2. The molecule has 0 bridgehead atoms. The molecule has 3 rings (SSSR count). The highest BCUT2D eigenvalue weighted by Gasteiger charge is 2.22. The fourth-order valence-electron chi connectivity index (χ4n) is 4.19. The maximum atomic E-state index is 13.2. The Labute approximate surface area is 168 Å². The van der Waals surface area contributed by atoms with E-state index in [2.05, 4.69) is 36.6 Å². The lowest BCUT2D eigenvalue weighted by Crippen LogP contribution is -2.09. The van der Waals surface area contributed by atoms with Crippen LogP contribution in [0.1, 0.15) is 73.1 Å². The number of fused-ring (bicyclic) bond motifs is 1. The first-order valence-electron chi connectivity index (χ1n) is 10.4. The second kappa shape index (κ2) is 9.70. The van der Waals surface area contributed by atoms with Crippen LogP contribution >= 0.6 is 0 Å². The maximum Gasteiger partial charge on any atom is 0.195 e. The average molecular weight is 378 g/mol. The Hall–Kier alpha value is -2.39. The average Bonchev–Trinajstić information content (AvgIpc) is 3.02. The van der Waals surface area contributed by atoms with E-state index in [0.29, 0.717) is 12.6 Å². The van der Waals surface area contributed by atoms with Crippen molar-refractivity contribution >= 4 is 16.7 Å². The molecule has 0 aliphatic carbocycles. The topological polar surface area (TPSA) is 42.2 Å². The van der Waals surface area contributed by atoms with E-state index in [9.17, 15) is 4.79 Å². The van der Waals surface area contributed by atoms with E-state index >= 15 is 0 Å². The molecule has 0 fully saturated rings. The first-order valence-corrected chi connectivity index (χ1v) is 10.4. The number of aliphatic hydroxyl groups excluding tert-OH is 1. The van der Waals surface area contributed by atoms with Crippen LogP contribution in [0.5, 0.6) is 0 Å². The Morgan fingerprint density at radius 2 is 1.57 bits per heavy atom. The molecule has 0 aliphatic heterocycles. The summed E-state index contributed by atoms with van der Waals surface area (Å²) in [6.07, 6.45) is 6.64. The summed E-state index contributed by atoms with van der Waals surface area (Å²) in [5.74, 6) is 0.101. The van der Waals surface area contributed by atoms with Crippen LogP contribution in [0.2, 0.25) is 0 Å². The highest BCUT2D eigenvalue weighted by Crippen LogP contribution is 2.32. The molecule has 28 heavy (non-hydrogen) atoms. The summed E-state index contributed by atoms with van der Waals surface area (Å²) >= 11 is 0. The predicted molar refractivity (Wildman–Crippen MR) is 116 cm³/mol. The van der Waals surface area contributed by atoms with Crippen LogP contribution < -0.4 is 0 Å². The number of carbonyl (C=O) groups excluding carboxylic acids is 1. The van der Waals surface area contributed by atoms with E-state index in [-0.39, 0.29) is 5.78 Å². The van der Waals surface area contributed by atoms with Gasteiger partial charge in [-0.1, -0.05) is 74.2 Å². The second-order valence-corrected chi connectivity index (χ2v) is 7.67. The van der Waals surface area contributed by atoms with E-state index in [4.69, 9.17) is 5.11 Å². The molecule has 3 aromatic rings. The number of para-hydroxylation sites is 1. The molecule has 0 saturated heterocycles. The Morgan fingerprint density at radius 3 is 2.32 bits per heavy atom. The Bertz CT molecular complexity index is 911. The molecule has 148 valence electrons. The van der Waals surface area contributed by atoms with Gasteiger partial charge in [0.15, 0.2) is 5.78 Å². The zero-order valence-corrected chi connectivity index (χ0v) is 17.0. The number of unbranched alkanes of at least 4 members (excludes halogenated alkanes) is 4. The van der Waals surface area contributed by atoms with Gasteiger partial charge in [-0.15, -0.1) is 0 Å².